The molecule has 11 heteroatoms. The average molecular weight is 596 g/mol. The molecule has 1 saturated carbocycles. The molecule has 1 fully saturated rings. The van der Waals surface area contributed by atoms with Crippen molar-refractivity contribution in [3.05, 3.63) is 70.8 Å². The summed E-state index contributed by atoms with van der Waals surface area (Å²) in [4.78, 5) is 33.9. The predicted octanol–water partition coefficient (Wildman–Crippen LogP) is 4.78. The van der Waals surface area contributed by atoms with Crippen LogP contribution >= 0.6 is 0 Å². The Kier molecular flexibility index (Phi) is 10.2. The van der Waals surface area contributed by atoms with Crippen molar-refractivity contribution in [1.82, 2.24) is 15.8 Å². The van der Waals surface area contributed by atoms with Gasteiger partial charge in [0.05, 0.1) is 12.6 Å². The van der Waals surface area contributed by atoms with Gasteiger partial charge in [-0.1, -0.05) is 39.8 Å². The van der Waals surface area contributed by atoms with Crippen molar-refractivity contribution in [3.8, 4) is 0 Å². The summed E-state index contributed by atoms with van der Waals surface area (Å²) in [6.07, 6.45) is 4.66. The van der Waals surface area contributed by atoms with E-state index >= 15 is 0 Å². The third-order valence-corrected chi connectivity index (χ3v) is 8.62. The first-order valence-corrected chi connectivity index (χ1v) is 15.0. The molecule has 6 N–H and O–H groups in total. The van der Waals surface area contributed by atoms with E-state index in [1.165, 1.54) is 12.1 Å². The van der Waals surface area contributed by atoms with Gasteiger partial charge in [-0.15, -0.1) is 0 Å². The number of hydrazone groups is 1. The van der Waals surface area contributed by atoms with Gasteiger partial charge in [0, 0.05) is 17.2 Å². The Bertz CT molecular complexity index is 1350. The molecule has 1 aliphatic heterocycles. The molecule has 43 heavy (non-hydrogen) atoms. The van der Waals surface area contributed by atoms with Crippen molar-refractivity contribution >= 4 is 23.4 Å². The number of hydrogen-bond donors (Lipinski definition) is 4. The summed E-state index contributed by atoms with van der Waals surface area (Å²) in [7, 11) is 0. The van der Waals surface area contributed by atoms with Crippen LogP contribution in [0.4, 0.5) is 8.78 Å². The van der Waals surface area contributed by atoms with Gasteiger partial charge in [0.25, 0.3) is 11.8 Å². The summed E-state index contributed by atoms with van der Waals surface area (Å²) in [5, 5.41) is 6.32. The minimum absolute atomic E-state index is 0.0186. The molecule has 1 spiro atoms. The molecular formula is C32H43F2N7O2. The number of carbonyl (C=O) groups excluding carboxylic acids is 2. The third-order valence-electron chi connectivity index (χ3n) is 8.62. The van der Waals surface area contributed by atoms with E-state index in [1.54, 1.807) is 12.1 Å². The van der Waals surface area contributed by atoms with Gasteiger partial charge in [-0.2, -0.15) is 5.10 Å². The van der Waals surface area contributed by atoms with Gasteiger partial charge in [0.2, 0.25) is 0 Å². The van der Waals surface area contributed by atoms with Crippen LogP contribution in [0.5, 0.6) is 0 Å². The fourth-order valence-electron chi connectivity index (χ4n) is 6.23. The lowest BCUT2D eigenvalue weighted by Crippen LogP contribution is -2.51. The highest BCUT2D eigenvalue weighted by Crippen LogP contribution is 2.48. The maximum Gasteiger partial charge on any atom is 0.275 e. The zero-order valence-electron chi connectivity index (χ0n) is 25.4. The van der Waals surface area contributed by atoms with E-state index in [-0.39, 0.29) is 41.5 Å². The van der Waals surface area contributed by atoms with Gasteiger partial charge in [-0.3, -0.25) is 14.6 Å². The van der Waals surface area contributed by atoms with Crippen LogP contribution in [-0.2, 0) is 4.79 Å². The molecule has 1 heterocycles. The summed E-state index contributed by atoms with van der Waals surface area (Å²) in [5.41, 5.74) is 8.49. The van der Waals surface area contributed by atoms with Crippen LogP contribution < -0.4 is 22.4 Å². The number of nitrogens with one attached hydrogen (secondary N) is 2. The normalized spacial score (nSPS) is 21.5. The van der Waals surface area contributed by atoms with Crippen LogP contribution in [0.2, 0.25) is 0 Å². The SMILES string of the molecule is CC(C)CCC(c1ccc(C(=O)NCC(N)=NNN)cc1)N1C(=O)C(c2cc(F)cc(F)c2)=NC12CCC(C(C)C)CC2. The average Bonchev–Trinajstić information content (AvgIpc) is 3.23. The van der Waals surface area contributed by atoms with Crippen molar-refractivity contribution in [2.24, 2.45) is 39.4 Å². The van der Waals surface area contributed by atoms with E-state index in [1.807, 2.05) is 17.0 Å². The lowest BCUT2D eigenvalue weighted by molar-refractivity contribution is -0.133. The lowest BCUT2D eigenvalue weighted by atomic mass is 9.75. The smallest absolute Gasteiger partial charge is 0.275 e. The van der Waals surface area contributed by atoms with Crippen LogP contribution in [0.15, 0.2) is 52.6 Å². The summed E-state index contributed by atoms with van der Waals surface area (Å²) >= 11 is 0. The minimum atomic E-state index is -0.813. The number of halogens is 2. The number of nitrogens with two attached hydrogens (primary N) is 2. The second-order valence-corrected chi connectivity index (χ2v) is 12.4. The number of carbonyl (C=O) groups is 2. The molecule has 9 nitrogen and oxygen atoms in total. The first kappa shape index (κ1) is 32.1. The van der Waals surface area contributed by atoms with Crippen LogP contribution in [0.25, 0.3) is 0 Å². The number of benzene rings is 2. The van der Waals surface area contributed by atoms with E-state index < -0.39 is 17.3 Å². The zero-order valence-corrected chi connectivity index (χ0v) is 25.4. The molecule has 4 rings (SSSR count). The Morgan fingerprint density at radius 1 is 1.07 bits per heavy atom. The third kappa shape index (κ3) is 7.38. The Morgan fingerprint density at radius 2 is 1.70 bits per heavy atom. The van der Waals surface area contributed by atoms with E-state index in [2.05, 4.69) is 43.6 Å². The molecular weight excluding hydrogens is 552 g/mol. The Hall–Kier alpha value is -3.86. The van der Waals surface area contributed by atoms with Gasteiger partial charge in [-0.05, 0) is 86.1 Å². The topological polar surface area (TPSA) is 138 Å². The first-order chi connectivity index (χ1) is 20.4. The minimum Gasteiger partial charge on any atom is -0.384 e. The van der Waals surface area contributed by atoms with Gasteiger partial charge in [0.15, 0.2) is 0 Å². The Morgan fingerprint density at radius 3 is 2.26 bits per heavy atom. The fourth-order valence-corrected chi connectivity index (χ4v) is 6.23. The van der Waals surface area contributed by atoms with Crippen molar-refractivity contribution in [2.45, 2.75) is 77.9 Å². The standard InChI is InChI=1S/C32H43F2N7O2/c1-19(2)5-10-27(22-6-8-23(9-7-22)30(42)37-18-28(35)39-40-36)41-31(43)29(24-15-25(33)17-26(34)16-24)38-32(41)13-11-21(12-14-32)20(3)4/h6-9,15-17,19-21,27,40H,5,10-14,18,36H2,1-4H3,(H2,35,39)(H,37,42). The number of hydrazine groups is 1. The fraction of sp³-hybridized carbons (Fsp3) is 0.500. The number of nitrogens with zero attached hydrogens (tertiary/aromatic N) is 3. The second kappa shape index (κ2) is 13.6. The lowest BCUT2D eigenvalue weighted by Gasteiger charge is -2.46. The highest BCUT2D eigenvalue weighted by molar-refractivity contribution is 6.46. The Labute approximate surface area is 252 Å². The maximum absolute atomic E-state index is 14.3. The molecule has 1 aliphatic carbocycles. The van der Waals surface area contributed by atoms with E-state index in [9.17, 15) is 18.4 Å². The molecule has 0 saturated heterocycles. The summed E-state index contributed by atoms with van der Waals surface area (Å²) < 4.78 is 28.6. The number of hydrogen-bond acceptors (Lipinski definition) is 6. The molecule has 1 atom stereocenters. The van der Waals surface area contributed by atoms with Crippen LogP contribution in [0.1, 0.15) is 93.7 Å². The monoisotopic (exact) mass is 595 g/mol. The molecule has 0 bridgehead atoms. The van der Waals surface area contributed by atoms with E-state index in [0.29, 0.717) is 42.6 Å². The largest absolute Gasteiger partial charge is 0.384 e. The quantitative estimate of drug-likeness (QED) is 0.128. The summed E-state index contributed by atoms with van der Waals surface area (Å²) in [5.74, 6) is 4.49. The molecule has 2 aromatic carbocycles. The molecule has 2 amide bonds. The van der Waals surface area contributed by atoms with E-state index in [4.69, 9.17) is 16.6 Å². The maximum atomic E-state index is 14.3. The molecule has 0 aromatic heterocycles. The summed E-state index contributed by atoms with van der Waals surface area (Å²) in [6.45, 7) is 8.71. The van der Waals surface area contributed by atoms with E-state index in [0.717, 1.165) is 30.9 Å². The van der Waals surface area contributed by atoms with Crippen LogP contribution in [0.3, 0.4) is 0 Å². The number of amides is 2. The van der Waals surface area contributed by atoms with Gasteiger partial charge in [-0.25, -0.2) is 20.2 Å². The van der Waals surface area contributed by atoms with Crippen LogP contribution in [0, 0.1) is 29.4 Å². The highest BCUT2D eigenvalue weighted by Gasteiger charge is 2.52. The van der Waals surface area contributed by atoms with Gasteiger partial charge >= 0.3 is 0 Å². The van der Waals surface area contributed by atoms with Crippen molar-refractivity contribution in [1.29, 1.82) is 0 Å². The summed E-state index contributed by atoms with van der Waals surface area (Å²) in [6, 6.07) is 9.95. The predicted molar refractivity (Wildman–Crippen MR) is 164 cm³/mol. The number of aliphatic imine (C=N–C) groups is 1. The first-order valence-electron chi connectivity index (χ1n) is 15.0. The van der Waals surface area contributed by atoms with Crippen molar-refractivity contribution < 1.29 is 18.4 Å². The number of amidine groups is 1. The van der Waals surface area contributed by atoms with Crippen molar-refractivity contribution in [2.75, 3.05) is 6.54 Å². The number of rotatable bonds is 11. The van der Waals surface area contributed by atoms with Gasteiger partial charge < -0.3 is 16.0 Å². The molecule has 232 valence electrons. The Balaban J connectivity index is 1.71. The van der Waals surface area contributed by atoms with Crippen LogP contribution in [-0.4, -0.2) is 40.5 Å². The zero-order chi connectivity index (χ0) is 31.3. The molecule has 2 aliphatic rings. The van der Waals surface area contributed by atoms with Gasteiger partial charge in [0.1, 0.15) is 28.8 Å². The molecule has 1 unspecified atom stereocenters. The highest BCUT2D eigenvalue weighted by atomic mass is 19.1. The molecule has 2 aromatic rings. The second-order valence-electron chi connectivity index (χ2n) is 12.4. The van der Waals surface area contributed by atoms with Crippen molar-refractivity contribution in [3.63, 3.8) is 0 Å². The molecule has 0 radical (unpaired) electrons.